The Bertz CT molecular complexity index is 2310. The lowest BCUT2D eigenvalue weighted by Gasteiger charge is -2.33. The van der Waals surface area contributed by atoms with Crippen molar-refractivity contribution >= 4 is 53.5 Å². The van der Waals surface area contributed by atoms with E-state index in [0.717, 1.165) is 21.3 Å². The molecule has 5 aromatic rings. The first kappa shape index (κ1) is 40.2. The van der Waals surface area contributed by atoms with Gasteiger partial charge in [0, 0.05) is 28.2 Å². The second kappa shape index (κ2) is 17.5. The van der Waals surface area contributed by atoms with Gasteiger partial charge >= 0.3 is 13.1 Å². The van der Waals surface area contributed by atoms with Crippen molar-refractivity contribution in [2.75, 3.05) is 19.8 Å². The molecule has 15 heteroatoms. The molecule has 5 N–H and O–H groups in total. The van der Waals surface area contributed by atoms with Crippen molar-refractivity contribution < 1.29 is 28.0 Å². The average Bonchev–Trinajstić information content (AvgIpc) is 3.98. The van der Waals surface area contributed by atoms with Gasteiger partial charge in [0.05, 0.1) is 22.6 Å². The van der Waals surface area contributed by atoms with Gasteiger partial charge in [-0.15, -0.1) is 11.3 Å². The van der Waals surface area contributed by atoms with Crippen LogP contribution in [0.5, 0.6) is 11.5 Å². The van der Waals surface area contributed by atoms with Crippen LogP contribution in [0.15, 0.2) is 106 Å². The van der Waals surface area contributed by atoms with Gasteiger partial charge in [0.2, 0.25) is 0 Å². The zero-order valence-corrected chi connectivity index (χ0v) is 32.5. The minimum absolute atomic E-state index is 0.0470. The standard InChI is InChI=1S/C41H45BF2N6O5S/c1-40(2,45-24-31(51)25-55-35-8-5-7-33-38(35)48-39(53)47-33)20-21-41(3,4)49-37(52)26-54-32-17-11-27(12-18-32)10-13-28-14-15-29(46-28)23-30-16-19-34(50(30)42(43)44)36-9-6-22-56-36/h5-19,22-23,31,45,51H,20-21,24-26H2,1-4H3,(H,49,52)(H2,47,48,53)/b13-10+,29-23-/t31-/m0/s1. The van der Waals surface area contributed by atoms with E-state index in [-0.39, 0.29) is 30.3 Å². The number of nitrogens with one attached hydrogen (secondary N) is 4. The molecule has 0 fully saturated rings. The summed E-state index contributed by atoms with van der Waals surface area (Å²) in [5, 5.41) is 18.9. The number of halogens is 2. The van der Waals surface area contributed by atoms with Crippen molar-refractivity contribution in [3.63, 3.8) is 0 Å². The van der Waals surface area contributed by atoms with Gasteiger partial charge in [-0.2, -0.15) is 0 Å². The lowest BCUT2D eigenvalue weighted by atomic mass is 9.89. The number of β-amino-alcohol motifs (C(OH)–C–C–N with tert-alkyl or cyclic N) is 1. The van der Waals surface area contributed by atoms with E-state index in [9.17, 15) is 23.3 Å². The lowest BCUT2D eigenvalue weighted by Crippen LogP contribution is -2.49. The normalized spacial score (nSPS) is 14.5. The smallest absolute Gasteiger partial charge is 0.489 e. The molecule has 11 nitrogen and oxygen atoms in total. The number of aliphatic imine (C=N–C) groups is 1. The van der Waals surface area contributed by atoms with Gasteiger partial charge < -0.3 is 39.7 Å². The van der Waals surface area contributed by atoms with E-state index in [1.54, 1.807) is 54.6 Å². The molecule has 0 bridgehead atoms. The molecule has 1 aliphatic rings. The minimum atomic E-state index is -2.68. The maximum atomic E-state index is 14.0. The lowest BCUT2D eigenvalue weighted by molar-refractivity contribution is -0.124. The topological polar surface area (TPSA) is 146 Å². The summed E-state index contributed by atoms with van der Waals surface area (Å²) in [5.74, 6) is 0.792. The van der Waals surface area contributed by atoms with Gasteiger partial charge in [0.1, 0.15) is 29.7 Å². The van der Waals surface area contributed by atoms with Crippen LogP contribution in [0.2, 0.25) is 0 Å². The van der Waals surface area contributed by atoms with Gasteiger partial charge in [-0.05, 0) is 118 Å². The van der Waals surface area contributed by atoms with Crippen LogP contribution in [0, 0.1) is 0 Å². The predicted octanol–water partition coefficient (Wildman–Crippen LogP) is 7.09. The fraction of sp³-hybridized carbons (Fsp3) is 0.293. The number of allylic oxidation sites excluding steroid dienone is 3. The Hall–Kier alpha value is -5.51. The number of carbonyl (C=O) groups is 1. The van der Waals surface area contributed by atoms with E-state index in [0.29, 0.717) is 58.3 Å². The zero-order chi connectivity index (χ0) is 39.9. The molecule has 0 saturated heterocycles. The van der Waals surface area contributed by atoms with E-state index in [2.05, 4.69) is 25.6 Å². The Morgan fingerprint density at radius 2 is 1.77 bits per heavy atom. The van der Waals surface area contributed by atoms with Gasteiger partial charge in [0.15, 0.2) is 6.61 Å². The number of rotatable bonds is 18. The Balaban J connectivity index is 0.915. The zero-order valence-electron chi connectivity index (χ0n) is 31.6. The number of aliphatic hydroxyl groups excluding tert-OH is 1. The molecule has 1 aliphatic heterocycles. The molecule has 0 saturated carbocycles. The molecule has 0 spiro atoms. The monoisotopic (exact) mass is 782 g/mol. The van der Waals surface area contributed by atoms with Crippen LogP contribution < -0.4 is 25.8 Å². The quantitative estimate of drug-likeness (QED) is 0.0601. The van der Waals surface area contributed by atoms with Crippen LogP contribution in [-0.4, -0.2) is 75.5 Å². The van der Waals surface area contributed by atoms with E-state index in [1.165, 1.54) is 11.3 Å². The second-order valence-corrected chi connectivity index (χ2v) is 15.8. The largest absolute Gasteiger partial charge is 0.678 e. The fourth-order valence-electron chi connectivity index (χ4n) is 6.13. The number of benzene rings is 2. The maximum absolute atomic E-state index is 14.0. The number of amides is 1. The fourth-order valence-corrected chi connectivity index (χ4v) is 6.88. The van der Waals surface area contributed by atoms with Crippen LogP contribution in [0.1, 0.15) is 51.8 Å². The molecule has 0 unspecified atom stereocenters. The van der Waals surface area contributed by atoms with Crippen LogP contribution in [-0.2, 0) is 4.79 Å². The molecule has 0 radical (unpaired) electrons. The van der Waals surface area contributed by atoms with E-state index >= 15 is 0 Å². The van der Waals surface area contributed by atoms with E-state index < -0.39 is 19.0 Å². The number of imidazole rings is 1. The second-order valence-electron chi connectivity index (χ2n) is 14.8. The summed E-state index contributed by atoms with van der Waals surface area (Å²) in [6.45, 7) is 8.20. The van der Waals surface area contributed by atoms with Crippen LogP contribution in [0.25, 0.3) is 33.8 Å². The van der Waals surface area contributed by atoms with Gasteiger partial charge in [0.25, 0.3) is 5.91 Å². The number of hydrogen-bond acceptors (Lipinski definition) is 8. The first-order valence-electron chi connectivity index (χ1n) is 18.2. The number of nitrogens with zero attached hydrogens (tertiary/aromatic N) is 2. The highest BCUT2D eigenvalue weighted by atomic mass is 32.1. The summed E-state index contributed by atoms with van der Waals surface area (Å²) in [6.07, 6.45) is 9.61. The number of hydrogen-bond donors (Lipinski definition) is 5. The van der Waals surface area contributed by atoms with Crippen LogP contribution in [0.3, 0.4) is 0 Å². The number of H-pyrrole nitrogens is 2. The third-order valence-electron chi connectivity index (χ3n) is 9.21. The molecule has 0 aliphatic carbocycles. The number of aromatic nitrogens is 3. The molecule has 4 heterocycles. The molecule has 1 atom stereocenters. The SMILES string of the molecule is CC(C)(CCC(C)(C)NC(=O)COc1ccc(/C=C/C2=NC(=C\c3ccc(-c4cccs4)n3B(F)F)/C=C2)cc1)NC[C@H](O)COc1cccc2[nH]c(=O)[nH]c12. The first-order valence-corrected chi connectivity index (χ1v) is 19.1. The minimum Gasteiger partial charge on any atom is -0.489 e. The summed E-state index contributed by atoms with van der Waals surface area (Å²) in [5.41, 5.74) is 3.04. The van der Waals surface area contributed by atoms with Crippen molar-refractivity contribution in [3.05, 3.63) is 118 Å². The summed E-state index contributed by atoms with van der Waals surface area (Å²) < 4.78 is 40.5. The molecule has 56 heavy (non-hydrogen) atoms. The van der Waals surface area contributed by atoms with E-state index in [1.807, 2.05) is 75.6 Å². The third-order valence-corrected chi connectivity index (χ3v) is 10.1. The molecule has 1 amide bonds. The molecular formula is C41H45BF2N6O5S. The van der Waals surface area contributed by atoms with Crippen LogP contribution >= 0.6 is 11.3 Å². The Morgan fingerprint density at radius 3 is 2.52 bits per heavy atom. The highest BCUT2D eigenvalue weighted by Crippen LogP contribution is 2.30. The maximum Gasteiger partial charge on any atom is 0.678 e. The van der Waals surface area contributed by atoms with E-state index in [4.69, 9.17) is 9.47 Å². The Labute approximate surface area is 328 Å². The molecular weight excluding hydrogens is 737 g/mol. The number of fused-ring (bicyclic) bond motifs is 1. The highest BCUT2D eigenvalue weighted by Gasteiger charge is 2.27. The molecule has 6 rings (SSSR count). The number of ether oxygens (including phenoxy) is 2. The number of para-hydroxylation sites is 1. The van der Waals surface area contributed by atoms with Crippen molar-refractivity contribution in [1.82, 2.24) is 25.1 Å². The molecule has 2 aromatic carbocycles. The third kappa shape index (κ3) is 10.8. The number of carbonyl (C=O) groups excluding carboxylic acids is 1. The number of thiophene rings is 1. The highest BCUT2D eigenvalue weighted by molar-refractivity contribution is 7.13. The number of aliphatic hydroxyl groups is 1. The summed E-state index contributed by atoms with van der Waals surface area (Å²) in [4.78, 5) is 35.2. The van der Waals surface area contributed by atoms with Gasteiger partial charge in [-0.25, -0.2) is 9.79 Å². The van der Waals surface area contributed by atoms with Crippen LogP contribution in [0.4, 0.5) is 8.63 Å². The Morgan fingerprint density at radius 1 is 0.982 bits per heavy atom. The summed E-state index contributed by atoms with van der Waals surface area (Å²) >= 11 is 1.41. The van der Waals surface area contributed by atoms with Gasteiger partial charge in [-0.3, -0.25) is 13.4 Å². The summed E-state index contributed by atoms with van der Waals surface area (Å²) in [6, 6.07) is 19.6. The molecule has 292 valence electrons. The molecule has 3 aromatic heterocycles. The Kier molecular flexibility index (Phi) is 12.6. The van der Waals surface area contributed by atoms with Crippen molar-refractivity contribution in [3.8, 4) is 22.1 Å². The van der Waals surface area contributed by atoms with Crippen molar-refractivity contribution in [1.29, 1.82) is 0 Å². The summed E-state index contributed by atoms with van der Waals surface area (Å²) in [7, 11) is -2.68. The number of aromatic amines is 2. The van der Waals surface area contributed by atoms with Crippen molar-refractivity contribution in [2.45, 2.75) is 57.7 Å². The van der Waals surface area contributed by atoms with Crippen molar-refractivity contribution in [2.24, 2.45) is 4.99 Å². The predicted molar refractivity (Wildman–Crippen MR) is 221 cm³/mol. The first-order chi connectivity index (χ1) is 26.7. The van der Waals surface area contributed by atoms with Gasteiger partial charge in [-0.1, -0.05) is 30.3 Å². The average molecular weight is 783 g/mol.